The molecule has 118 valence electrons. The third kappa shape index (κ3) is 2.13. The minimum absolute atomic E-state index is 0.00584. The molecule has 0 saturated heterocycles. The van der Waals surface area contributed by atoms with Crippen LogP contribution in [0.2, 0.25) is 0 Å². The van der Waals surface area contributed by atoms with Crippen molar-refractivity contribution in [2.24, 2.45) is 0 Å². The van der Waals surface area contributed by atoms with Gasteiger partial charge in [0, 0.05) is 5.56 Å². The summed E-state index contributed by atoms with van der Waals surface area (Å²) >= 11 is 0. The molecular weight excluding hydrogens is 308 g/mol. The highest BCUT2D eigenvalue weighted by Crippen LogP contribution is 2.29. The van der Waals surface area contributed by atoms with Crippen LogP contribution in [0.5, 0.6) is 0 Å². The predicted octanol–water partition coefficient (Wildman–Crippen LogP) is 2.85. The van der Waals surface area contributed by atoms with Crippen molar-refractivity contribution in [1.29, 1.82) is 0 Å². The summed E-state index contributed by atoms with van der Waals surface area (Å²) in [7, 11) is 0. The molecule has 6 heteroatoms. The molecule has 2 aromatic carbocycles. The summed E-state index contributed by atoms with van der Waals surface area (Å²) in [4.78, 5) is 25.9. The van der Waals surface area contributed by atoms with Gasteiger partial charge in [0.2, 0.25) is 5.58 Å². The highest BCUT2D eigenvalue weighted by Gasteiger charge is 2.15. The minimum Gasteiger partial charge on any atom is -0.456 e. The molecule has 0 bridgehead atoms. The molecule has 2 heterocycles. The van der Waals surface area contributed by atoms with Crippen LogP contribution < -0.4 is 11.2 Å². The number of aromatic nitrogens is 2. The van der Waals surface area contributed by atoms with E-state index in [-0.39, 0.29) is 15.8 Å². The Bertz CT molecular complexity index is 1140. The summed E-state index contributed by atoms with van der Waals surface area (Å²) in [5.41, 5.74) is 1.90. The van der Waals surface area contributed by atoms with Crippen molar-refractivity contribution in [3.8, 4) is 22.3 Å². The van der Waals surface area contributed by atoms with Crippen molar-refractivity contribution >= 4 is 11.1 Å². The van der Waals surface area contributed by atoms with E-state index in [1.54, 1.807) is 0 Å². The van der Waals surface area contributed by atoms with Crippen LogP contribution in [-0.2, 0) is 0 Å². The van der Waals surface area contributed by atoms with Crippen LogP contribution in [-0.4, -0.2) is 14.9 Å². The average molecular weight is 320 g/mol. The maximum absolute atomic E-state index is 11.8. The van der Waals surface area contributed by atoms with Crippen LogP contribution in [0.4, 0.5) is 0 Å². The number of hydrogen-bond acceptors (Lipinski definition) is 4. The van der Waals surface area contributed by atoms with Crippen molar-refractivity contribution in [2.75, 3.05) is 0 Å². The third-order valence-electron chi connectivity index (χ3n) is 3.90. The topological polar surface area (TPSA) is 88.2 Å². The Morgan fingerprint density at radius 3 is 2.21 bits per heavy atom. The Morgan fingerprint density at radius 1 is 0.875 bits per heavy atom. The van der Waals surface area contributed by atoms with Gasteiger partial charge in [-0.05, 0) is 16.7 Å². The lowest BCUT2D eigenvalue weighted by Crippen LogP contribution is -2.32. The Labute approximate surface area is 135 Å². The van der Waals surface area contributed by atoms with Crippen molar-refractivity contribution < 1.29 is 9.62 Å². The second kappa shape index (κ2) is 5.27. The van der Waals surface area contributed by atoms with Gasteiger partial charge in [0.1, 0.15) is 11.8 Å². The summed E-state index contributed by atoms with van der Waals surface area (Å²) in [6.45, 7) is 0. The molecule has 4 aromatic rings. The Balaban J connectivity index is 1.84. The molecule has 2 aromatic heterocycles. The number of nitrogens with zero attached hydrogens (tertiary/aromatic N) is 1. The monoisotopic (exact) mass is 320 g/mol. The van der Waals surface area contributed by atoms with Gasteiger partial charge in [-0.15, -0.1) is 0 Å². The summed E-state index contributed by atoms with van der Waals surface area (Å²) in [6.07, 6.45) is 1.39. The molecule has 0 fully saturated rings. The van der Waals surface area contributed by atoms with E-state index >= 15 is 0 Å². The second-order valence-corrected chi connectivity index (χ2v) is 5.34. The molecule has 0 unspecified atom stereocenters. The number of aromatic amines is 1. The molecule has 0 atom stereocenters. The highest BCUT2D eigenvalue weighted by molar-refractivity contribution is 5.90. The first kappa shape index (κ1) is 14.1. The number of nitrogens with one attached hydrogen (secondary N) is 1. The van der Waals surface area contributed by atoms with Crippen LogP contribution in [0.1, 0.15) is 0 Å². The van der Waals surface area contributed by atoms with E-state index in [2.05, 4.69) is 4.98 Å². The molecule has 0 spiro atoms. The third-order valence-corrected chi connectivity index (χ3v) is 3.90. The first-order valence-electron chi connectivity index (χ1n) is 7.27. The van der Waals surface area contributed by atoms with Crippen molar-refractivity contribution in [1.82, 2.24) is 9.71 Å². The number of rotatable bonds is 2. The molecule has 0 radical (unpaired) electrons. The van der Waals surface area contributed by atoms with Gasteiger partial charge < -0.3 is 14.6 Å². The SMILES string of the molecule is O=c1[nH]c2c(-c3ccc(-c4ccccc4)cc3)coc2c(=O)n1O. The number of fused-ring (bicyclic) bond motifs is 1. The zero-order valence-electron chi connectivity index (χ0n) is 12.4. The maximum atomic E-state index is 11.8. The number of furan rings is 1. The fourth-order valence-corrected chi connectivity index (χ4v) is 2.67. The fourth-order valence-electron chi connectivity index (χ4n) is 2.67. The van der Waals surface area contributed by atoms with Gasteiger partial charge in [0.25, 0.3) is 0 Å². The average Bonchev–Trinajstić information content (AvgIpc) is 3.04. The maximum Gasteiger partial charge on any atom is 0.362 e. The molecular formula is C18H12N2O4. The van der Waals surface area contributed by atoms with Crippen LogP contribution in [0.25, 0.3) is 33.4 Å². The Morgan fingerprint density at radius 2 is 1.50 bits per heavy atom. The normalized spacial score (nSPS) is 11.0. The molecule has 24 heavy (non-hydrogen) atoms. The summed E-state index contributed by atoms with van der Waals surface area (Å²) in [6, 6.07) is 17.6. The summed E-state index contributed by atoms with van der Waals surface area (Å²) < 4.78 is 5.22. The molecule has 0 aliphatic heterocycles. The number of hydrogen-bond donors (Lipinski definition) is 2. The quantitative estimate of drug-likeness (QED) is 0.556. The van der Waals surface area contributed by atoms with Gasteiger partial charge in [-0.1, -0.05) is 59.3 Å². The zero-order chi connectivity index (χ0) is 16.7. The van der Waals surface area contributed by atoms with Gasteiger partial charge in [-0.3, -0.25) is 4.79 Å². The van der Waals surface area contributed by atoms with E-state index in [0.29, 0.717) is 5.56 Å². The summed E-state index contributed by atoms with van der Waals surface area (Å²) in [5.74, 6) is 0. The number of benzene rings is 2. The summed E-state index contributed by atoms with van der Waals surface area (Å²) in [5, 5.41) is 9.35. The predicted molar refractivity (Wildman–Crippen MR) is 89.2 cm³/mol. The van der Waals surface area contributed by atoms with E-state index < -0.39 is 11.2 Å². The van der Waals surface area contributed by atoms with E-state index in [1.807, 2.05) is 54.6 Å². The smallest absolute Gasteiger partial charge is 0.362 e. The molecule has 2 N–H and O–H groups in total. The Hall–Kier alpha value is -3.54. The van der Waals surface area contributed by atoms with Gasteiger partial charge in [-0.25, -0.2) is 4.79 Å². The van der Waals surface area contributed by atoms with Crippen LogP contribution >= 0.6 is 0 Å². The minimum atomic E-state index is -0.906. The van der Waals surface area contributed by atoms with Crippen LogP contribution in [0.15, 0.2) is 74.9 Å². The van der Waals surface area contributed by atoms with E-state index in [9.17, 15) is 14.8 Å². The lowest BCUT2D eigenvalue weighted by Gasteiger charge is -2.03. The van der Waals surface area contributed by atoms with Gasteiger partial charge in [0.15, 0.2) is 0 Å². The largest absolute Gasteiger partial charge is 0.456 e. The van der Waals surface area contributed by atoms with Crippen LogP contribution in [0.3, 0.4) is 0 Å². The second-order valence-electron chi connectivity index (χ2n) is 5.34. The lowest BCUT2D eigenvalue weighted by atomic mass is 10.0. The molecule has 0 amide bonds. The van der Waals surface area contributed by atoms with Gasteiger partial charge >= 0.3 is 11.2 Å². The molecule has 0 aliphatic carbocycles. The van der Waals surface area contributed by atoms with Crippen molar-refractivity contribution in [3.63, 3.8) is 0 Å². The van der Waals surface area contributed by atoms with Crippen molar-refractivity contribution in [2.45, 2.75) is 0 Å². The Kier molecular flexibility index (Phi) is 3.09. The van der Waals surface area contributed by atoms with E-state index in [0.717, 1.165) is 16.7 Å². The zero-order valence-corrected chi connectivity index (χ0v) is 12.4. The molecule has 0 aliphatic rings. The lowest BCUT2D eigenvalue weighted by molar-refractivity contribution is 0.161. The highest BCUT2D eigenvalue weighted by atomic mass is 16.5. The van der Waals surface area contributed by atoms with E-state index in [1.165, 1.54) is 6.26 Å². The first-order valence-corrected chi connectivity index (χ1v) is 7.27. The standard InChI is InChI=1S/C18H12N2O4/c21-17-16-15(19-18(22)20(17)23)14(10-24-16)13-8-6-12(7-9-13)11-4-2-1-3-5-11/h1-10,23H,(H,19,22). The fraction of sp³-hybridized carbons (Fsp3) is 0. The number of H-pyrrole nitrogens is 1. The van der Waals surface area contributed by atoms with Crippen LogP contribution in [0, 0.1) is 0 Å². The first-order chi connectivity index (χ1) is 11.6. The van der Waals surface area contributed by atoms with E-state index in [4.69, 9.17) is 4.42 Å². The molecule has 0 saturated carbocycles. The molecule has 4 rings (SSSR count). The van der Waals surface area contributed by atoms with Gasteiger partial charge in [0.05, 0.1) is 0 Å². The van der Waals surface area contributed by atoms with Gasteiger partial charge in [-0.2, -0.15) is 0 Å². The van der Waals surface area contributed by atoms with Crippen molar-refractivity contribution in [3.05, 3.63) is 81.7 Å². The molecule has 6 nitrogen and oxygen atoms in total.